The zero-order chi connectivity index (χ0) is 14.0. The highest BCUT2D eigenvalue weighted by atomic mass is 15.3. The molecular formula is C14H23N5. The smallest absolute Gasteiger partial charge is 0.0732 e. The molecule has 0 saturated heterocycles. The highest BCUT2D eigenvalue weighted by Gasteiger charge is 2.17. The van der Waals surface area contributed by atoms with E-state index < -0.39 is 0 Å². The summed E-state index contributed by atoms with van der Waals surface area (Å²) in [6.45, 7) is 12.3. The minimum Gasteiger partial charge on any atom is -0.310 e. The summed E-state index contributed by atoms with van der Waals surface area (Å²) in [5, 5.41) is 15.3. The summed E-state index contributed by atoms with van der Waals surface area (Å²) in [5.41, 5.74) is 5.70. The number of H-pyrrole nitrogens is 1. The van der Waals surface area contributed by atoms with Crippen LogP contribution in [0.5, 0.6) is 0 Å². The zero-order valence-electron chi connectivity index (χ0n) is 12.4. The van der Waals surface area contributed by atoms with Crippen molar-refractivity contribution in [2.75, 3.05) is 0 Å². The molecule has 2 aromatic heterocycles. The molecular weight excluding hydrogens is 238 g/mol. The van der Waals surface area contributed by atoms with E-state index in [1.165, 1.54) is 16.8 Å². The van der Waals surface area contributed by atoms with E-state index in [-0.39, 0.29) is 0 Å². The van der Waals surface area contributed by atoms with Crippen LogP contribution in [0.4, 0.5) is 0 Å². The summed E-state index contributed by atoms with van der Waals surface area (Å²) >= 11 is 0. The first-order valence-corrected chi connectivity index (χ1v) is 6.84. The summed E-state index contributed by atoms with van der Waals surface area (Å²) < 4.78 is 2.03. The van der Waals surface area contributed by atoms with Gasteiger partial charge in [0.05, 0.1) is 17.6 Å². The first-order valence-electron chi connectivity index (χ1n) is 6.84. The van der Waals surface area contributed by atoms with Gasteiger partial charge in [0.2, 0.25) is 0 Å². The summed E-state index contributed by atoms with van der Waals surface area (Å²) in [6, 6.07) is 0.461. The Bertz CT molecular complexity index is 550. The normalized spacial score (nSPS) is 11.5. The van der Waals surface area contributed by atoms with Crippen LogP contribution < -0.4 is 5.32 Å². The summed E-state index contributed by atoms with van der Waals surface area (Å²) in [7, 11) is 0. The van der Waals surface area contributed by atoms with Crippen LogP contribution in [0.3, 0.4) is 0 Å². The van der Waals surface area contributed by atoms with Crippen LogP contribution in [0.25, 0.3) is 11.3 Å². The van der Waals surface area contributed by atoms with E-state index in [0.29, 0.717) is 6.04 Å². The molecule has 0 fully saturated rings. The number of rotatable bonds is 5. The van der Waals surface area contributed by atoms with Gasteiger partial charge in [0.25, 0.3) is 0 Å². The third kappa shape index (κ3) is 2.71. The Morgan fingerprint density at radius 2 is 2.11 bits per heavy atom. The molecule has 0 aliphatic heterocycles. The van der Waals surface area contributed by atoms with Crippen LogP contribution in [0, 0.1) is 13.8 Å². The van der Waals surface area contributed by atoms with E-state index >= 15 is 0 Å². The maximum atomic E-state index is 4.57. The van der Waals surface area contributed by atoms with Crippen LogP contribution >= 0.6 is 0 Å². The SMILES string of the molecule is CCn1nc(C)c(-c2[nH]ncc2CNC(C)C)c1C. The second-order valence-electron chi connectivity index (χ2n) is 5.17. The largest absolute Gasteiger partial charge is 0.310 e. The first-order chi connectivity index (χ1) is 9.04. The molecule has 104 valence electrons. The molecule has 0 unspecified atom stereocenters. The molecule has 19 heavy (non-hydrogen) atoms. The van der Waals surface area contributed by atoms with Gasteiger partial charge in [0, 0.05) is 36.0 Å². The fourth-order valence-corrected chi connectivity index (χ4v) is 2.34. The topological polar surface area (TPSA) is 58.5 Å². The highest BCUT2D eigenvalue weighted by molar-refractivity contribution is 5.67. The Morgan fingerprint density at radius 1 is 1.37 bits per heavy atom. The van der Waals surface area contributed by atoms with Gasteiger partial charge in [-0.05, 0) is 20.8 Å². The number of hydrogen-bond acceptors (Lipinski definition) is 3. The molecule has 0 aliphatic carbocycles. The van der Waals surface area contributed by atoms with Gasteiger partial charge in [-0.25, -0.2) is 0 Å². The molecule has 2 rings (SSSR count). The van der Waals surface area contributed by atoms with Crippen LogP contribution in [-0.4, -0.2) is 26.0 Å². The molecule has 0 saturated carbocycles. The van der Waals surface area contributed by atoms with Crippen LogP contribution in [0.1, 0.15) is 37.7 Å². The van der Waals surface area contributed by atoms with Crippen molar-refractivity contribution in [3.05, 3.63) is 23.1 Å². The van der Waals surface area contributed by atoms with Crippen molar-refractivity contribution in [3.63, 3.8) is 0 Å². The molecule has 2 N–H and O–H groups in total. The minimum atomic E-state index is 0.461. The van der Waals surface area contributed by atoms with Crippen molar-refractivity contribution in [1.29, 1.82) is 0 Å². The fraction of sp³-hybridized carbons (Fsp3) is 0.571. The third-order valence-electron chi connectivity index (χ3n) is 3.35. The highest BCUT2D eigenvalue weighted by Crippen LogP contribution is 2.28. The Kier molecular flexibility index (Phi) is 4.04. The second-order valence-corrected chi connectivity index (χ2v) is 5.17. The van der Waals surface area contributed by atoms with Gasteiger partial charge in [0.15, 0.2) is 0 Å². The fourth-order valence-electron chi connectivity index (χ4n) is 2.34. The van der Waals surface area contributed by atoms with Gasteiger partial charge in [-0.15, -0.1) is 0 Å². The predicted octanol–water partition coefficient (Wildman–Crippen LogP) is 2.41. The molecule has 5 heteroatoms. The van der Waals surface area contributed by atoms with Gasteiger partial charge in [-0.3, -0.25) is 9.78 Å². The predicted molar refractivity (Wildman–Crippen MR) is 76.9 cm³/mol. The molecule has 0 atom stereocenters. The van der Waals surface area contributed by atoms with Crippen molar-refractivity contribution >= 4 is 0 Å². The van der Waals surface area contributed by atoms with Crippen LogP contribution in [0.15, 0.2) is 6.20 Å². The molecule has 2 heterocycles. The number of aromatic nitrogens is 4. The number of aryl methyl sites for hydroxylation is 2. The molecule has 0 aliphatic rings. The Labute approximate surface area is 114 Å². The number of aromatic amines is 1. The number of hydrogen-bond donors (Lipinski definition) is 2. The Morgan fingerprint density at radius 3 is 2.68 bits per heavy atom. The van der Waals surface area contributed by atoms with E-state index in [1.54, 1.807) is 0 Å². The summed E-state index contributed by atoms with van der Waals surface area (Å²) in [4.78, 5) is 0. The molecule has 5 nitrogen and oxygen atoms in total. The minimum absolute atomic E-state index is 0.461. The van der Waals surface area contributed by atoms with Crippen molar-refractivity contribution in [3.8, 4) is 11.3 Å². The second kappa shape index (κ2) is 5.57. The molecule has 0 radical (unpaired) electrons. The van der Waals surface area contributed by atoms with E-state index in [9.17, 15) is 0 Å². The average Bonchev–Trinajstić information content (AvgIpc) is 2.91. The molecule has 0 bridgehead atoms. The van der Waals surface area contributed by atoms with Gasteiger partial charge in [-0.2, -0.15) is 10.2 Å². The molecule has 0 spiro atoms. The van der Waals surface area contributed by atoms with Crippen molar-refractivity contribution < 1.29 is 0 Å². The quantitative estimate of drug-likeness (QED) is 0.869. The van der Waals surface area contributed by atoms with Gasteiger partial charge >= 0.3 is 0 Å². The van der Waals surface area contributed by atoms with Crippen LogP contribution in [-0.2, 0) is 13.1 Å². The van der Waals surface area contributed by atoms with E-state index in [1.807, 2.05) is 10.9 Å². The van der Waals surface area contributed by atoms with E-state index in [0.717, 1.165) is 24.5 Å². The Balaban J connectivity index is 2.37. The lowest BCUT2D eigenvalue weighted by atomic mass is 10.1. The molecule has 2 aromatic rings. The maximum absolute atomic E-state index is 4.57. The maximum Gasteiger partial charge on any atom is 0.0732 e. The average molecular weight is 261 g/mol. The lowest BCUT2D eigenvalue weighted by Crippen LogP contribution is -2.21. The van der Waals surface area contributed by atoms with E-state index in [4.69, 9.17) is 0 Å². The molecule has 0 aromatic carbocycles. The van der Waals surface area contributed by atoms with E-state index in [2.05, 4.69) is 55.2 Å². The van der Waals surface area contributed by atoms with Gasteiger partial charge in [-0.1, -0.05) is 13.8 Å². The zero-order valence-corrected chi connectivity index (χ0v) is 12.4. The standard InChI is InChI=1S/C14H23N5/c1-6-19-11(5)13(10(4)18-19)14-12(8-16-17-14)7-15-9(2)3/h8-9,15H,6-7H2,1-5H3,(H,16,17). The number of nitrogens with one attached hydrogen (secondary N) is 2. The van der Waals surface area contributed by atoms with Gasteiger partial charge < -0.3 is 5.32 Å². The van der Waals surface area contributed by atoms with Crippen LogP contribution in [0.2, 0.25) is 0 Å². The monoisotopic (exact) mass is 261 g/mol. The third-order valence-corrected chi connectivity index (χ3v) is 3.35. The van der Waals surface area contributed by atoms with Crippen molar-refractivity contribution in [2.24, 2.45) is 0 Å². The van der Waals surface area contributed by atoms with Gasteiger partial charge in [0.1, 0.15) is 0 Å². The Hall–Kier alpha value is -1.62. The summed E-state index contributed by atoms with van der Waals surface area (Å²) in [5.74, 6) is 0. The van der Waals surface area contributed by atoms with Crippen molar-refractivity contribution in [2.45, 2.75) is 53.8 Å². The lowest BCUT2D eigenvalue weighted by Gasteiger charge is -2.08. The van der Waals surface area contributed by atoms with Crippen molar-refractivity contribution in [1.82, 2.24) is 25.3 Å². The first kappa shape index (κ1) is 13.8. The number of nitrogens with zero attached hydrogens (tertiary/aromatic N) is 3. The molecule has 0 amide bonds. The summed E-state index contributed by atoms with van der Waals surface area (Å²) in [6.07, 6.45) is 1.90. The lowest BCUT2D eigenvalue weighted by molar-refractivity contribution is 0.589.